The first-order valence-electron chi connectivity index (χ1n) is 19.5. The summed E-state index contributed by atoms with van der Waals surface area (Å²) in [4.78, 5) is 5.19. The van der Waals surface area contributed by atoms with Crippen molar-refractivity contribution < 1.29 is 0 Å². The van der Waals surface area contributed by atoms with Crippen molar-refractivity contribution in [3.05, 3.63) is 178 Å². The molecule has 7 aliphatic rings. The fraction of sp³-hybridized carbons (Fsp3) is 0.327. The second-order valence-corrected chi connectivity index (χ2v) is 16.5. The maximum atomic E-state index is 5.19. The van der Waals surface area contributed by atoms with Gasteiger partial charge in [-0.1, -0.05) is 161 Å². The van der Waals surface area contributed by atoms with Gasteiger partial charge in [0, 0.05) is 22.9 Å². The van der Waals surface area contributed by atoms with Gasteiger partial charge in [0.15, 0.2) is 0 Å². The van der Waals surface area contributed by atoms with Gasteiger partial charge in [0.1, 0.15) is 6.17 Å². The van der Waals surface area contributed by atoms with Crippen LogP contribution in [0.25, 0.3) is 11.3 Å². The van der Waals surface area contributed by atoms with Crippen LogP contribution in [0.2, 0.25) is 0 Å². The number of hydrogen-bond acceptors (Lipinski definition) is 2. The average molecular weight is 665 g/mol. The second kappa shape index (κ2) is 11.9. The van der Waals surface area contributed by atoms with E-state index in [1.165, 1.54) is 54.4 Å². The number of allylic oxidation sites excluding steroid dienone is 11. The van der Waals surface area contributed by atoms with Crippen molar-refractivity contribution in [1.29, 1.82) is 0 Å². The molecule has 5 unspecified atom stereocenters. The van der Waals surface area contributed by atoms with Crippen LogP contribution in [0.4, 0.5) is 0 Å². The second-order valence-electron chi connectivity index (χ2n) is 16.5. The highest BCUT2D eigenvalue weighted by Crippen LogP contribution is 2.68. The minimum absolute atomic E-state index is 0.0909. The molecule has 2 fully saturated rings. The van der Waals surface area contributed by atoms with Crippen LogP contribution in [-0.4, -0.2) is 11.9 Å². The standard InChI is InChI=1S/C49H48N2/c1-48(2)40-21-11-10-19-37(40)38-29-43-39(30-42(38)48)46-36(20-14-22-41(46)49(43)27-12-5-13-28-49)32-23-25-34(26-24-32)45-31-44(33-15-6-3-7-16-33)50-47(51-45)35-17-8-4-9-18-35/h3,6-8,10-11,14-26,29-31,38,41-42,46-47,51H,4-5,9,12-13,27-28H2,1-2H3. The molecule has 1 aliphatic heterocycles. The first kappa shape index (κ1) is 31.1. The van der Waals surface area contributed by atoms with Crippen molar-refractivity contribution in [3.8, 4) is 0 Å². The van der Waals surface area contributed by atoms with Crippen LogP contribution in [0, 0.1) is 23.2 Å². The van der Waals surface area contributed by atoms with Crippen LogP contribution >= 0.6 is 0 Å². The predicted molar refractivity (Wildman–Crippen MR) is 212 cm³/mol. The zero-order chi connectivity index (χ0) is 34.2. The molecule has 0 saturated heterocycles. The van der Waals surface area contributed by atoms with Crippen molar-refractivity contribution in [2.24, 2.45) is 28.2 Å². The quantitative estimate of drug-likeness (QED) is 0.295. The van der Waals surface area contributed by atoms with Gasteiger partial charge in [-0.15, -0.1) is 0 Å². The van der Waals surface area contributed by atoms with Gasteiger partial charge in [-0.05, 0) is 99.1 Å². The van der Waals surface area contributed by atoms with Crippen molar-refractivity contribution in [3.63, 3.8) is 0 Å². The molecule has 2 saturated carbocycles. The summed E-state index contributed by atoms with van der Waals surface area (Å²) in [7, 11) is 0. The largest absolute Gasteiger partial charge is 0.360 e. The van der Waals surface area contributed by atoms with Crippen LogP contribution in [0.15, 0.2) is 155 Å². The van der Waals surface area contributed by atoms with Crippen LogP contribution < -0.4 is 5.32 Å². The molecule has 1 heterocycles. The molecule has 3 aromatic rings. The molecule has 0 bridgehead atoms. The Bertz CT molecular complexity index is 2140. The molecule has 1 spiro atoms. The van der Waals surface area contributed by atoms with Gasteiger partial charge >= 0.3 is 0 Å². The van der Waals surface area contributed by atoms with Crippen LogP contribution in [-0.2, 0) is 5.41 Å². The lowest BCUT2D eigenvalue weighted by Crippen LogP contribution is -2.33. The smallest absolute Gasteiger partial charge is 0.145 e. The topological polar surface area (TPSA) is 24.4 Å². The van der Waals surface area contributed by atoms with E-state index in [2.05, 4.69) is 153 Å². The number of hydrogen-bond donors (Lipinski definition) is 1. The van der Waals surface area contributed by atoms with E-state index in [-0.39, 0.29) is 17.0 Å². The summed E-state index contributed by atoms with van der Waals surface area (Å²) in [5, 5.41) is 3.80. The lowest BCUT2D eigenvalue weighted by Gasteiger charge is -2.42. The minimum Gasteiger partial charge on any atom is -0.360 e. The maximum Gasteiger partial charge on any atom is 0.145 e. The number of nitrogens with one attached hydrogen (secondary N) is 1. The molecule has 2 heteroatoms. The third-order valence-electron chi connectivity index (χ3n) is 13.6. The summed E-state index contributed by atoms with van der Waals surface area (Å²) in [6.45, 7) is 4.97. The number of benzene rings is 3. The normalized spacial score (nSPS) is 29.3. The summed E-state index contributed by atoms with van der Waals surface area (Å²) in [5.74, 6) is 1.91. The van der Waals surface area contributed by atoms with E-state index in [9.17, 15) is 0 Å². The Morgan fingerprint density at radius 1 is 0.745 bits per heavy atom. The van der Waals surface area contributed by atoms with E-state index < -0.39 is 0 Å². The van der Waals surface area contributed by atoms with Crippen LogP contribution in [0.5, 0.6) is 0 Å². The van der Waals surface area contributed by atoms with Gasteiger partial charge in [-0.2, -0.15) is 0 Å². The molecular formula is C49H48N2. The van der Waals surface area contributed by atoms with Gasteiger partial charge in [-0.3, -0.25) is 4.99 Å². The third kappa shape index (κ3) is 4.85. The highest BCUT2D eigenvalue weighted by Gasteiger charge is 2.58. The van der Waals surface area contributed by atoms with Gasteiger partial charge in [0.05, 0.1) is 5.71 Å². The highest BCUT2D eigenvalue weighted by atomic mass is 15.1. The van der Waals surface area contributed by atoms with E-state index in [0.717, 1.165) is 29.8 Å². The Kier molecular flexibility index (Phi) is 7.28. The van der Waals surface area contributed by atoms with Crippen molar-refractivity contribution in [2.75, 3.05) is 0 Å². The first-order chi connectivity index (χ1) is 25.0. The van der Waals surface area contributed by atoms with Crippen molar-refractivity contribution in [2.45, 2.75) is 76.3 Å². The lowest BCUT2D eigenvalue weighted by molar-refractivity contribution is 0.186. The molecule has 2 nitrogen and oxygen atoms in total. The van der Waals surface area contributed by atoms with E-state index in [1.54, 1.807) is 22.3 Å². The predicted octanol–water partition coefficient (Wildman–Crippen LogP) is 11.4. The molecule has 0 aromatic heterocycles. The molecule has 0 amide bonds. The SMILES string of the molecule is CC1(C)c2ccccc2C2C=C3C(=CC21)C1C(c2ccc(C4=CC(c5ccccc5)=NC(C5=CCCC=C5)N4)cc2)=CC=CC1C31CCCCC1. The summed E-state index contributed by atoms with van der Waals surface area (Å²) in [5.41, 5.74) is 15.4. The number of nitrogens with zero attached hydrogens (tertiary/aromatic N) is 1. The van der Waals surface area contributed by atoms with E-state index in [4.69, 9.17) is 4.99 Å². The lowest BCUT2D eigenvalue weighted by atomic mass is 9.62. The Hall–Kier alpha value is -4.69. The molecule has 6 aliphatic carbocycles. The van der Waals surface area contributed by atoms with Gasteiger partial charge < -0.3 is 5.32 Å². The first-order valence-corrected chi connectivity index (χ1v) is 19.5. The van der Waals surface area contributed by atoms with E-state index in [1.807, 2.05) is 0 Å². The average Bonchev–Trinajstić information content (AvgIpc) is 3.59. The third-order valence-corrected chi connectivity index (χ3v) is 13.6. The Balaban J connectivity index is 1.02. The molecule has 254 valence electrons. The number of aliphatic imine (C=N–C) groups is 1. The zero-order valence-corrected chi connectivity index (χ0v) is 30.0. The van der Waals surface area contributed by atoms with Crippen LogP contribution in [0.1, 0.15) is 92.5 Å². The van der Waals surface area contributed by atoms with Gasteiger partial charge in [0.25, 0.3) is 0 Å². The monoisotopic (exact) mass is 664 g/mol. The zero-order valence-electron chi connectivity index (χ0n) is 30.0. The number of fused-ring (bicyclic) bond motifs is 8. The number of rotatable bonds is 4. The highest BCUT2D eigenvalue weighted by molar-refractivity contribution is 6.13. The molecule has 3 aromatic carbocycles. The van der Waals surface area contributed by atoms with E-state index in [0.29, 0.717) is 23.7 Å². The summed E-state index contributed by atoms with van der Waals surface area (Å²) >= 11 is 0. The Morgan fingerprint density at radius 3 is 2.33 bits per heavy atom. The van der Waals surface area contributed by atoms with Gasteiger partial charge in [0.2, 0.25) is 0 Å². The molecule has 51 heavy (non-hydrogen) atoms. The Morgan fingerprint density at radius 2 is 1.53 bits per heavy atom. The van der Waals surface area contributed by atoms with Crippen molar-refractivity contribution in [1.82, 2.24) is 5.32 Å². The fourth-order valence-corrected chi connectivity index (χ4v) is 11.1. The van der Waals surface area contributed by atoms with Gasteiger partial charge in [-0.25, -0.2) is 0 Å². The molecule has 10 rings (SSSR count). The maximum absolute atomic E-state index is 5.19. The molecular weight excluding hydrogens is 617 g/mol. The fourth-order valence-electron chi connectivity index (χ4n) is 11.1. The minimum atomic E-state index is -0.0909. The Labute approximate surface area is 303 Å². The molecule has 5 atom stereocenters. The van der Waals surface area contributed by atoms with Crippen LogP contribution in [0.3, 0.4) is 0 Å². The molecule has 0 radical (unpaired) electrons. The van der Waals surface area contributed by atoms with E-state index >= 15 is 0 Å². The molecule has 1 N–H and O–H groups in total. The summed E-state index contributed by atoms with van der Waals surface area (Å²) in [6.07, 6.45) is 30.8. The summed E-state index contributed by atoms with van der Waals surface area (Å²) in [6, 6.07) is 29.4. The summed E-state index contributed by atoms with van der Waals surface area (Å²) < 4.78 is 0. The van der Waals surface area contributed by atoms with Crippen molar-refractivity contribution >= 4 is 17.0 Å².